The van der Waals surface area contributed by atoms with E-state index in [1.807, 2.05) is 0 Å². The van der Waals surface area contributed by atoms with E-state index in [2.05, 4.69) is 5.32 Å². The van der Waals surface area contributed by atoms with Gasteiger partial charge in [-0.1, -0.05) is 19.3 Å². The fraction of sp³-hybridized carbons (Fsp3) is 1.00. The van der Waals surface area contributed by atoms with Crippen molar-refractivity contribution < 1.29 is 4.74 Å². The van der Waals surface area contributed by atoms with E-state index in [9.17, 15) is 0 Å². The highest BCUT2D eigenvalue weighted by atomic mass is 16.5. The zero-order valence-electron chi connectivity index (χ0n) is 11.5. The van der Waals surface area contributed by atoms with E-state index in [-0.39, 0.29) is 0 Å². The highest BCUT2D eigenvalue weighted by Crippen LogP contribution is 2.45. The van der Waals surface area contributed by atoms with Gasteiger partial charge in [0.1, 0.15) is 0 Å². The van der Waals surface area contributed by atoms with Crippen LogP contribution < -0.4 is 5.32 Å². The van der Waals surface area contributed by atoms with Crippen molar-refractivity contribution in [3.8, 4) is 0 Å². The molecule has 4 rings (SSSR count). The van der Waals surface area contributed by atoms with Gasteiger partial charge in [-0.3, -0.25) is 0 Å². The summed E-state index contributed by atoms with van der Waals surface area (Å²) in [6.07, 6.45) is 14.5. The van der Waals surface area contributed by atoms with Gasteiger partial charge in [0.15, 0.2) is 0 Å². The van der Waals surface area contributed by atoms with Crippen LogP contribution in [0.1, 0.15) is 64.2 Å². The second-order valence-electron chi connectivity index (χ2n) is 7.36. The molecule has 18 heavy (non-hydrogen) atoms. The minimum absolute atomic E-state index is 0.320. The molecule has 1 saturated heterocycles. The number of hydrogen-bond acceptors (Lipinski definition) is 2. The Morgan fingerprint density at radius 1 is 1.00 bits per heavy atom. The monoisotopic (exact) mass is 249 g/mol. The second kappa shape index (κ2) is 4.49. The highest BCUT2D eigenvalue weighted by Gasteiger charge is 2.43. The first-order valence-corrected chi connectivity index (χ1v) is 8.24. The summed E-state index contributed by atoms with van der Waals surface area (Å²) in [5.74, 6) is 2.05. The Morgan fingerprint density at radius 3 is 2.61 bits per heavy atom. The minimum atomic E-state index is 0.320. The van der Waals surface area contributed by atoms with Gasteiger partial charge in [0.2, 0.25) is 0 Å². The molecule has 1 heterocycles. The Hall–Kier alpha value is -0.0800. The second-order valence-corrected chi connectivity index (χ2v) is 7.36. The van der Waals surface area contributed by atoms with Crippen LogP contribution in [0, 0.1) is 11.8 Å². The van der Waals surface area contributed by atoms with Gasteiger partial charge in [0.25, 0.3) is 0 Å². The van der Waals surface area contributed by atoms with Crippen LogP contribution in [-0.4, -0.2) is 24.3 Å². The van der Waals surface area contributed by atoms with Gasteiger partial charge in [0, 0.05) is 12.6 Å². The van der Waals surface area contributed by atoms with E-state index in [0.29, 0.717) is 11.7 Å². The van der Waals surface area contributed by atoms with Gasteiger partial charge in [-0.25, -0.2) is 0 Å². The third kappa shape index (κ3) is 2.02. The van der Waals surface area contributed by atoms with Crippen LogP contribution >= 0.6 is 0 Å². The summed E-state index contributed by atoms with van der Waals surface area (Å²) in [6.45, 7) is 1.12. The van der Waals surface area contributed by atoms with Crippen molar-refractivity contribution in [1.82, 2.24) is 5.32 Å². The SMILES string of the molecule is C1CCC2(C1)CCC(CNC1CC3CCC1C3)O2. The van der Waals surface area contributed by atoms with E-state index in [1.165, 1.54) is 64.2 Å². The molecule has 2 nitrogen and oxygen atoms in total. The first-order chi connectivity index (χ1) is 8.83. The van der Waals surface area contributed by atoms with Gasteiger partial charge in [0.05, 0.1) is 11.7 Å². The predicted octanol–water partition coefficient (Wildman–Crippen LogP) is 3.26. The van der Waals surface area contributed by atoms with Crippen molar-refractivity contribution in [3.05, 3.63) is 0 Å². The average Bonchev–Trinajstić information content (AvgIpc) is 3.13. The fourth-order valence-corrected chi connectivity index (χ4v) is 5.20. The molecule has 102 valence electrons. The van der Waals surface area contributed by atoms with Gasteiger partial charge in [-0.15, -0.1) is 0 Å². The Labute approximate surface area is 111 Å². The molecule has 3 aliphatic carbocycles. The van der Waals surface area contributed by atoms with Crippen molar-refractivity contribution in [3.63, 3.8) is 0 Å². The standard InChI is InChI=1S/C16H27NO/c1-2-7-16(6-1)8-5-14(18-16)11-17-15-10-12-3-4-13(15)9-12/h12-15,17H,1-11H2. The third-order valence-corrected chi connectivity index (χ3v) is 6.20. The summed E-state index contributed by atoms with van der Waals surface area (Å²) < 4.78 is 6.39. The largest absolute Gasteiger partial charge is 0.370 e. The molecule has 1 N–H and O–H groups in total. The summed E-state index contributed by atoms with van der Waals surface area (Å²) >= 11 is 0. The maximum Gasteiger partial charge on any atom is 0.0708 e. The lowest BCUT2D eigenvalue weighted by atomic mass is 9.95. The maximum atomic E-state index is 6.39. The summed E-state index contributed by atoms with van der Waals surface area (Å²) in [7, 11) is 0. The van der Waals surface area contributed by atoms with E-state index in [1.54, 1.807) is 0 Å². The summed E-state index contributed by atoms with van der Waals surface area (Å²) in [5.41, 5.74) is 0.320. The molecule has 3 saturated carbocycles. The van der Waals surface area contributed by atoms with Crippen LogP contribution in [0.15, 0.2) is 0 Å². The Bertz CT molecular complexity index is 310. The first-order valence-electron chi connectivity index (χ1n) is 8.24. The number of ether oxygens (including phenoxy) is 1. The van der Waals surface area contributed by atoms with Gasteiger partial charge in [-0.05, 0) is 56.8 Å². The smallest absolute Gasteiger partial charge is 0.0708 e. The molecule has 0 radical (unpaired) electrons. The molecule has 4 atom stereocenters. The summed E-state index contributed by atoms with van der Waals surface area (Å²) in [5, 5.41) is 3.84. The molecule has 1 aliphatic heterocycles. The van der Waals surface area contributed by atoms with Crippen molar-refractivity contribution >= 4 is 0 Å². The van der Waals surface area contributed by atoms with E-state index >= 15 is 0 Å². The first kappa shape index (κ1) is 11.7. The molecule has 2 heteroatoms. The summed E-state index contributed by atoms with van der Waals surface area (Å²) in [4.78, 5) is 0. The maximum absolute atomic E-state index is 6.39. The number of fused-ring (bicyclic) bond motifs is 2. The topological polar surface area (TPSA) is 21.3 Å². The van der Waals surface area contributed by atoms with Crippen LogP contribution in [0.25, 0.3) is 0 Å². The normalized spacial score (nSPS) is 45.3. The van der Waals surface area contributed by atoms with Crippen molar-refractivity contribution in [2.45, 2.75) is 82.0 Å². The molecule has 1 spiro atoms. The van der Waals surface area contributed by atoms with Crippen LogP contribution in [0.4, 0.5) is 0 Å². The molecular formula is C16H27NO. The molecule has 4 unspecified atom stereocenters. The fourth-order valence-electron chi connectivity index (χ4n) is 5.20. The zero-order valence-corrected chi connectivity index (χ0v) is 11.5. The minimum Gasteiger partial charge on any atom is -0.370 e. The third-order valence-electron chi connectivity index (χ3n) is 6.20. The van der Waals surface area contributed by atoms with E-state index in [0.717, 1.165) is 24.4 Å². The Balaban J connectivity index is 1.26. The lowest BCUT2D eigenvalue weighted by Crippen LogP contribution is -2.39. The molecule has 4 fully saturated rings. The van der Waals surface area contributed by atoms with Crippen LogP contribution in [0.3, 0.4) is 0 Å². The molecular weight excluding hydrogens is 222 g/mol. The lowest BCUT2D eigenvalue weighted by molar-refractivity contribution is -0.0363. The van der Waals surface area contributed by atoms with Gasteiger partial charge < -0.3 is 10.1 Å². The van der Waals surface area contributed by atoms with Gasteiger partial charge in [-0.2, -0.15) is 0 Å². The Morgan fingerprint density at radius 2 is 1.89 bits per heavy atom. The molecule has 0 amide bonds. The van der Waals surface area contributed by atoms with Crippen molar-refractivity contribution in [2.24, 2.45) is 11.8 Å². The number of rotatable bonds is 3. The molecule has 0 aromatic heterocycles. The highest BCUT2D eigenvalue weighted by molar-refractivity contribution is 4.96. The van der Waals surface area contributed by atoms with E-state index in [4.69, 9.17) is 4.74 Å². The lowest BCUT2D eigenvalue weighted by Gasteiger charge is -2.27. The predicted molar refractivity (Wildman–Crippen MR) is 72.5 cm³/mol. The van der Waals surface area contributed by atoms with Crippen LogP contribution in [0.2, 0.25) is 0 Å². The van der Waals surface area contributed by atoms with Crippen LogP contribution in [0.5, 0.6) is 0 Å². The molecule has 4 aliphatic rings. The van der Waals surface area contributed by atoms with Gasteiger partial charge >= 0.3 is 0 Å². The van der Waals surface area contributed by atoms with Crippen molar-refractivity contribution in [2.75, 3.05) is 6.54 Å². The molecule has 0 aromatic rings. The average molecular weight is 249 g/mol. The summed E-state index contributed by atoms with van der Waals surface area (Å²) in [6, 6.07) is 0.826. The zero-order chi connectivity index (χ0) is 12.0. The quantitative estimate of drug-likeness (QED) is 0.829. The van der Waals surface area contributed by atoms with E-state index < -0.39 is 0 Å². The van der Waals surface area contributed by atoms with Crippen LogP contribution in [-0.2, 0) is 4.74 Å². The molecule has 2 bridgehead atoms. The van der Waals surface area contributed by atoms with Crippen molar-refractivity contribution in [1.29, 1.82) is 0 Å². The number of nitrogens with one attached hydrogen (secondary N) is 1. The number of hydrogen-bond donors (Lipinski definition) is 1. The Kier molecular flexibility index (Phi) is 2.92. The molecule has 0 aromatic carbocycles.